The van der Waals surface area contributed by atoms with Crippen molar-refractivity contribution in [2.45, 2.75) is 44.6 Å². The molecule has 0 aliphatic heterocycles. The summed E-state index contributed by atoms with van der Waals surface area (Å²) in [7, 11) is 0. The summed E-state index contributed by atoms with van der Waals surface area (Å²) in [6.45, 7) is 0.850. The molecule has 0 aromatic carbocycles. The van der Waals surface area contributed by atoms with Crippen LogP contribution in [0, 0.1) is 11.8 Å². The average molecular weight is 196 g/mol. The Morgan fingerprint density at radius 2 is 2.07 bits per heavy atom. The van der Waals surface area contributed by atoms with E-state index in [9.17, 15) is 4.79 Å². The minimum Gasteiger partial charge on any atom is -0.356 e. The monoisotopic (exact) mass is 196 g/mol. The van der Waals surface area contributed by atoms with Crippen LogP contribution in [0.1, 0.15) is 38.5 Å². The second-order valence-electron chi connectivity index (χ2n) is 4.81. The van der Waals surface area contributed by atoms with Crippen LogP contribution in [0.25, 0.3) is 0 Å². The van der Waals surface area contributed by atoms with E-state index in [1.807, 2.05) is 0 Å². The van der Waals surface area contributed by atoms with Gasteiger partial charge in [-0.2, -0.15) is 0 Å². The maximum absolute atomic E-state index is 11.5. The topological polar surface area (TPSA) is 55.1 Å². The molecule has 2 aliphatic carbocycles. The zero-order valence-corrected chi connectivity index (χ0v) is 8.67. The highest BCUT2D eigenvalue weighted by molar-refractivity contribution is 5.79. The van der Waals surface area contributed by atoms with Gasteiger partial charge in [0.15, 0.2) is 0 Å². The lowest BCUT2D eigenvalue weighted by Gasteiger charge is -2.24. The highest BCUT2D eigenvalue weighted by Gasteiger charge is 2.27. The van der Waals surface area contributed by atoms with E-state index in [-0.39, 0.29) is 5.91 Å². The number of nitrogens with one attached hydrogen (secondary N) is 1. The molecule has 0 aromatic heterocycles. The number of nitrogens with two attached hydrogens (primary N) is 1. The average Bonchev–Trinajstić information content (AvgIpc) is 2.45. The standard InChI is InChI=1S/C11H20N2O/c12-10-5-4-8(6-10)7-13-11(14)9-2-1-3-9/h8-10H,1-7,12H2,(H,13,14)/t8-,10+/m0/s1. The number of hydrogen-bond acceptors (Lipinski definition) is 2. The van der Waals surface area contributed by atoms with Gasteiger partial charge in [-0.15, -0.1) is 0 Å². The normalized spacial score (nSPS) is 32.6. The van der Waals surface area contributed by atoms with Crippen molar-refractivity contribution in [3.05, 3.63) is 0 Å². The summed E-state index contributed by atoms with van der Waals surface area (Å²) in [5.74, 6) is 1.23. The molecule has 2 saturated carbocycles. The van der Waals surface area contributed by atoms with Crippen LogP contribution in [0.4, 0.5) is 0 Å². The predicted molar refractivity (Wildman–Crippen MR) is 55.7 cm³/mol. The lowest BCUT2D eigenvalue weighted by atomic mass is 9.85. The summed E-state index contributed by atoms with van der Waals surface area (Å²) in [6, 6.07) is 0.376. The minimum atomic E-state index is 0.275. The molecule has 3 N–H and O–H groups in total. The highest BCUT2D eigenvalue weighted by Crippen LogP contribution is 2.27. The van der Waals surface area contributed by atoms with Gasteiger partial charge in [0.05, 0.1) is 0 Å². The number of carbonyl (C=O) groups excluding carboxylic acids is 1. The molecular formula is C11H20N2O. The van der Waals surface area contributed by atoms with Crippen LogP contribution in [0.3, 0.4) is 0 Å². The van der Waals surface area contributed by atoms with Crippen molar-refractivity contribution in [3.63, 3.8) is 0 Å². The molecule has 0 radical (unpaired) electrons. The third-order valence-electron chi connectivity index (χ3n) is 3.62. The largest absolute Gasteiger partial charge is 0.356 e. The second-order valence-corrected chi connectivity index (χ2v) is 4.81. The van der Waals surface area contributed by atoms with E-state index in [4.69, 9.17) is 5.73 Å². The fraction of sp³-hybridized carbons (Fsp3) is 0.909. The van der Waals surface area contributed by atoms with Gasteiger partial charge in [-0.25, -0.2) is 0 Å². The summed E-state index contributed by atoms with van der Waals surface area (Å²) in [6.07, 6.45) is 6.82. The van der Waals surface area contributed by atoms with Crippen LogP contribution in [-0.2, 0) is 4.79 Å². The molecule has 2 atom stereocenters. The molecule has 0 aromatic rings. The van der Waals surface area contributed by atoms with Crippen LogP contribution < -0.4 is 11.1 Å². The van der Waals surface area contributed by atoms with Crippen LogP contribution in [0.5, 0.6) is 0 Å². The smallest absolute Gasteiger partial charge is 0.223 e. The second kappa shape index (κ2) is 4.30. The Balaban J connectivity index is 1.64. The number of hydrogen-bond donors (Lipinski definition) is 2. The fourth-order valence-corrected chi connectivity index (χ4v) is 2.36. The summed E-state index contributed by atoms with van der Waals surface area (Å²) >= 11 is 0. The predicted octanol–water partition coefficient (Wildman–Crippen LogP) is 1.03. The SMILES string of the molecule is N[C@@H]1CC[C@H](CNC(=O)C2CCC2)C1. The quantitative estimate of drug-likeness (QED) is 0.708. The lowest BCUT2D eigenvalue weighted by Crippen LogP contribution is -2.37. The molecule has 2 fully saturated rings. The maximum atomic E-state index is 11.5. The zero-order valence-electron chi connectivity index (χ0n) is 8.67. The molecule has 80 valence electrons. The molecular weight excluding hydrogens is 176 g/mol. The van der Waals surface area contributed by atoms with Gasteiger partial charge in [0.1, 0.15) is 0 Å². The van der Waals surface area contributed by atoms with Gasteiger partial charge in [-0.1, -0.05) is 6.42 Å². The van der Waals surface area contributed by atoms with Gasteiger partial charge in [-0.05, 0) is 38.0 Å². The van der Waals surface area contributed by atoms with Crippen molar-refractivity contribution < 1.29 is 4.79 Å². The Labute approximate surface area is 85.4 Å². The van der Waals surface area contributed by atoms with Crippen LogP contribution in [-0.4, -0.2) is 18.5 Å². The Morgan fingerprint density at radius 1 is 1.29 bits per heavy atom. The molecule has 0 bridgehead atoms. The Bertz CT molecular complexity index is 213. The third-order valence-corrected chi connectivity index (χ3v) is 3.62. The first-order valence-corrected chi connectivity index (χ1v) is 5.79. The molecule has 2 rings (SSSR count). The van der Waals surface area contributed by atoms with Crippen molar-refractivity contribution in [2.24, 2.45) is 17.6 Å². The summed E-state index contributed by atoms with van der Waals surface area (Å²) in [5, 5.41) is 3.05. The van der Waals surface area contributed by atoms with Gasteiger partial charge in [0.2, 0.25) is 5.91 Å². The molecule has 3 nitrogen and oxygen atoms in total. The molecule has 3 heteroatoms. The van der Waals surface area contributed by atoms with E-state index in [0.717, 1.165) is 32.2 Å². The summed E-state index contributed by atoms with van der Waals surface area (Å²) in [4.78, 5) is 11.5. The van der Waals surface area contributed by atoms with Crippen molar-refractivity contribution in [1.82, 2.24) is 5.32 Å². The van der Waals surface area contributed by atoms with Crippen molar-refractivity contribution in [1.29, 1.82) is 0 Å². The number of amides is 1. The highest BCUT2D eigenvalue weighted by atomic mass is 16.1. The Kier molecular flexibility index (Phi) is 3.06. The fourth-order valence-electron chi connectivity index (χ4n) is 2.36. The van der Waals surface area contributed by atoms with Crippen molar-refractivity contribution in [3.8, 4) is 0 Å². The maximum Gasteiger partial charge on any atom is 0.223 e. The molecule has 0 heterocycles. The third kappa shape index (κ3) is 2.27. The van der Waals surface area contributed by atoms with Crippen LogP contribution in [0.2, 0.25) is 0 Å². The molecule has 1 amide bonds. The lowest BCUT2D eigenvalue weighted by molar-refractivity contribution is -0.127. The van der Waals surface area contributed by atoms with Crippen molar-refractivity contribution >= 4 is 5.91 Å². The number of rotatable bonds is 3. The molecule has 0 saturated heterocycles. The first kappa shape index (κ1) is 9.97. The van der Waals surface area contributed by atoms with Crippen molar-refractivity contribution in [2.75, 3.05) is 6.54 Å². The van der Waals surface area contributed by atoms with Gasteiger partial charge < -0.3 is 11.1 Å². The first-order chi connectivity index (χ1) is 6.75. The van der Waals surface area contributed by atoms with Crippen LogP contribution >= 0.6 is 0 Å². The zero-order chi connectivity index (χ0) is 9.97. The molecule has 0 unspecified atom stereocenters. The Morgan fingerprint density at radius 3 is 2.57 bits per heavy atom. The van der Waals surface area contributed by atoms with E-state index in [0.29, 0.717) is 17.9 Å². The molecule has 14 heavy (non-hydrogen) atoms. The van der Waals surface area contributed by atoms with E-state index >= 15 is 0 Å². The van der Waals surface area contributed by atoms with Gasteiger partial charge in [0.25, 0.3) is 0 Å². The Hall–Kier alpha value is -0.570. The van der Waals surface area contributed by atoms with E-state index in [1.165, 1.54) is 12.8 Å². The van der Waals surface area contributed by atoms with E-state index < -0.39 is 0 Å². The number of carbonyl (C=O) groups is 1. The summed E-state index contributed by atoms with van der Waals surface area (Å²) in [5.41, 5.74) is 5.82. The summed E-state index contributed by atoms with van der Waals surface area (Å²) < 4.78 is 0. The molecule has 0 spiro atoms. The van der Waals surface area contributed by atoms with Gasteiger partial charge >= 0.3 is 0 Å². The minimum absolute atomic E-state index is 0.275. The van der Waals surface area contributed by atoms with Gasteiger partial charge in [0, 0.05) is 18.5 Å². The van der Waals surface area contributed by atoms with Gasteiger partial charge in [-0.3, -0.25) is 4.79 Å². The first-order valence-electron chi connectivity index (χ1n) is 5.79. The molecule has 2 aliphatic rings. The van der Waals surface area contributed by atoms with Crippen LogP contribution in [0.15, 0.2) is 0 Å². The van der Waals surface area contributed by atoms with E-state index in [2.05, 4.69) is 5.32 Å². The van der Waals surface area contributed by atoms with E-state index in [1.54, 1.807) is 0 Å².